The molecule has 0 unspecified atom stereocenters. The Morgan fingerprint density at radius 2 is 2.14 bits per heavy atom. The number of hydrogen-bond acceptors (Lipinski definition) is 5. The summed E-state index contributed by atoms with van der Waals surface area (Å²) in [6.45, 7) is 0.896. The summed E-state index contributed by atoms with van der Waals surface area (Å²) in [5.41, 5.74) is 1.52. The van der Waals surface area contributed by atoms with Crippen molar-refractivity contribution in [3.8, 4) is 5.88 Å². The van der Waals surface area contributed by atoms with Crippen molar-refractivity contribution in [2.45, 2.75) is 42.9 Å². The molecule has 1 saturated carbocycles. The first-order valence-electron chi connectivity index (χ1n) is 7.08. The van der Waals surface area contributed by atoms with Gasteiger partial charge in [-0.1, -0.05) is 12.8 Å². The van der Waals surface area contributed by atoms with Crippen LogP contribution in [-0.2, 0) is 12.4 Å². The Hall–Kier alpha value is -1.01. The fourth-order valence-electron chi connectivity index (χ4n) is 3.11. The average Bonchev–Trinajstić information content (AvgIpc) is 3.13. The molecule has 3 rings (SSSR count). The number of imidazole rings is 1. The second-order valence-electron chi connectivity index (χ2n) is 5.40. The van der Waals surface area contributed by atoms with Gasteiger partial charge in [-0.25, -0.2) is 9.97 Å². The van der Waals surface area contributed by atoms with Crippen LogP contribution >= 0.6 is 23.4 Å². The summed E-state index contributed by atoms with van der Waals surface area (Å²) in [5, 5.41) is 0. The molecular weight excluding hydrogens is 308 g/mol. The molecule has 114 valence electrons. The SMILES string of the molecule is COc1ncnc2c1nc(CCl)n2CC1(SC)CCCC1. The smallest absolute Gasteiger partial charge is 0.245 e. The van der Waals surface area contributed by atoms with Gasteiger partial charge in [-0.05, 0) is 19.1 Å². The molecule has 5 nitrogen and oxygen atoms in total. The van der Waals surface area contributed by atoms with E-state index in [2.05, 4.69) is 25.8 Å². The second kappa shape index (κ2) is 6.01. The van der Waals surface area contributed by atoms with Crippen molar-refractivity contribution >= 4 is 34.5 Å². The Balaban J connectivity index is 2.08. The van der Waals surface area contributed by atoms with E-state index in [0.29, 0.717) is 17.3 Å². The summed E-state index contributed by atoms with van der Waals surface area (Å²) in [4.78, 5) is 13.1. The maximum Gasteiger partial charge on any atom is 0.245 e. The number of fused-ring (bicyclic) bond motifs is 1. The molecule has 0 amide bonds. The van der Waals surface area contributed by atoms with Crippen molar-refractivity contribution in [3.05, 3.63) is 12.2 Å². The molecule has 21 heavy (non-hydrogen) atoms. The van der Waals surface area contributed by atoms with Crippen LogP contribution in [0.15, 0.2) is 6.33 Å². The molecule has 0 radical (unpaired) electrons. The predicted octanol–water partition coefficient (Wildman–Crippen LogP) is 3.25. The Kier molecular flexibility index (Phi) is 4.26. The van der Waals surface area contributed by atoms with Gasteiger partial charge >= 0.3 is 0 Å². The average molecular weight is 327 g/mol. The number of thioether (sulfide) groups is 1. The van der Waals surface area contributed by atoms with E-state index < -0.39 is 0 Å². The van der Waals surface area contributed by atoms with E-state index in [-0.39, 0.29) is 4.75 Å². The molecule has 0 bridgehead atoms. The highest BCUT2D eigenvalue weighted by Crippen LogP contribution is 2.42. The number of nitrogens with zero attached hydrogens (tertiary/aromatic N) is 4. The molecule has 2 heterocycles. The van der Waals surface area contributed by atoms with Crippen LogP contribution in [0.2, 0.25) is 0 Å². The zero-order chi connectivity index (χ0) is 14.9. The minimum Gasteiger partial charge on any atom is -0.479 e. The third-order valence-corrected chi connectivity index (χ3v) is 5.93. The van der Waals surface area contributed by atoms with Gasteiger partial charge in [0.1, 0.15) is 12.2 Å². The maximum atomic E-state index is 6.09. The number of aromatic nitrogens is 4. The lowest BCUT2D eigenvalue weighted by Gasteiger charge is -2.28. The van der Waals surface area contributed by atoms with E-state index in [1.54, 1.807) is 7.11 Å². The van der Waals surface area contributed by atoms with Crippen LogP contribution in [0.25, 0.3) is 11.2 Å². The lowest BCUT2D eigenvalue weighted by atomic mass is 10.1. The number of ether oxygens (including phenoxy) is 1. The summed E-state index contributed by atoms with van der Waals surface area (Å²) in [6.07, 6.45) is 8.78. The van der Waals surface area contributed by atoms with Crippen molar-refractivity contribution in [2.75, 3.05) is 13.4 Å². The monoisotopic (exact) mass is 326 g/mol. The van der Waals surface area contributed by atoms with Crippen LogP contribution in [0.5, 0.6) is 5.88 Å². The normalized spacial score (nSPS) is 17.5. The third kappa shape index (κ3) is 2.59. The minimum absolute atomic E-state index is 0.270. The zero-order valence-corrected chi connectivity index (χ0v) is 13.9. The largest absolute Gasteiger partial charge is 0.479 e. The number of methoxy groups -OCH3 is 1. The molecular formula is C14H19ClN4OS. The molecule has 0 aromatic carbocycles. The maximum absolute atomic E-state index is 6.09. The van der Waals surface area contributed by atoms with Crippen LogP contribution in [0.3, 0.4) is 0 Å². The zero-order valence-electron chi connectivity index (χ0n) is 12.3. The van der Waals surface area contributed by atoms with Crippen molar-refractivity contribution in [1.82, 2.24) is 19.5 Å². The van der Waals surface area contributed by atoms with Gasteiger partial charge in [0.2, 0.25) is 5.88 Å². The van der Waals surface area contributed by atoms with Crippen LogP contribution in [-0.4, -0.2) is 37.6 Å². The van der Waals surface area contributed by atoms with Gasteiger partial charge in [0.25, 0.3) is 0 Å². The highest BCUT2D eigenvalue weighted by atomic mass is 35.5. The van der Waals surface area contributed by atoms with Gasteiger partial charge in [-0.3, -0.25) is 0 Å². The van der Waals surface area contributed by atoms with Gasteiger partial charge in [0, 0.05) is 11.3 Å². The van der Waals surface area contributed by atoms with Crippen LogP contribution in [0, 0.1) is 0 Å². The van der Waals surface area contributed by atoms with Crippen molar-refractivity contribution in [1.29, 1.82) is 0 Å². The van der Waals surface area contributed by atoms with E-state index in [1.165, 1.54) is 32.0 Å². The summed E-state index contributed by atoms with van der Waals surface area (Å²) in [7, 11) is 1.60. The minimum atomic E-state index is 0.270. The van der Waals surface area contributed by atoms with Crippen molar-refractivity contribution < 1.29 is 4.74 Å². The molecule has 0 aliphatic heterocycles. The molecule has 2 aromatic rings. The predicted molar refractivity (Wildman–Crippen MR) is 86.1 cm³/mol. The quantitative estimate of drug-likeness (QED) is 0.789. The molecule has 0 N–H and O–H groups in total. The summed E-state index contributed by atoms with van der Waals surface area (Å²) >= 11 is 8.04. The van der Waals surface area contributed by atoms with Crippen LogP contribution in [0.1, 0.15) is 31.5 Å². The van der Waals surface area contributed by atoms with Gasteiger partial charge in [0.05, 0.1) is 13.0 Å². The standard InChI is InChI=1S/C14H19ClN4OS/c1-20-13-11-12(16-9-17-13)19(10(7-15)18-11)8-14(21-2)5-3-4-6-14/h9H,3-8H2,1-2H3. The molecule has 1 aliphatic rings. The first-order valence-corrected chi connectivity index (χ1v) is 8.84. The second-order valence-corrected chi connectivity index (χ2v) is 6.94. The van der Waals surface area contributed by atoms with E-state index >= 15 is 0 Å². The molecule has 0 saturated heterocycles. The fourth-order valence-corrected chi connectivity index (χ4v) is 4.27. The Labute approximate surface area is 133 Å². The Morgan fingerprint density at radius 3 is 2.76 bits per heavy atom. The molecule has 0 atom stereocenters. The molecule has 1 fully saturated rings. The van der Waals surface area contributed by atoms with E-state index in [9.17, 15) is 0 Å². The van der Waals surface area contributed by atoms with E-state index in [4.69, 9.17) is 16.3 Å². The van der Waals surface area contributed by atoms with Gasteiger partial charge in [0.15, 0.2) is 11.2 Å². The molecule has 1 aliphatic carbocycles. The first kappa shape index (κ1) is 14.9. The number of halogens is 1. The van der Waals surface area contributed by atoms with E-state index in [0.717, 1.165) is 18.0 Å². The topological polar surface area (TPSA) is 52.8 Å². The summed E-state index contributed by atoms with van der Waals surface area (Å²) in [6, 6.07) is 0. The van der Waals surface area contributed by atoms with E-state index in [1.807, 2.05) is 11.8 Å². The van der Waals surface area contributed by atoms with Crippen molar-refractivity contribution in [3.63, 3.8) is 0 Å². The number of alkyl halides is 1. The lowest BCUT2D eigenvalue weighted by Crippen LogP contribution is -2.27. The highest BCUT2D eigenvalue weighted by molar-refractivity contribution is 8.00. The number of hydrogen-bond donors (Lipinski definition) is 0. The first-order chi connectivity index (χ1) is 10.2. The third-order valence-electron chi connectivity index (χ3n) is 4.28. The Bertz CT molecular complexity index is 639. The molecule has 0 spiro atoms. The summed E-state index contributed by atoms with van der Waals surface area (Å²) < 4.78 is 7.70. The molecule has 2 aromatic heterocycles. The lowest BCUT2D eigenvalue weighted by molar-refractivity contribution is 0.401. The van der Waals surface area contributed by atoms with Gasteiger partial charge < -0.3 is 9.30 Å². The van der Waals surface area contributed by atoms with Crippen LogP contribution < -0.4 is 4.74 Å². The van der Waals surface area contributed by atoms with Gasteiger partial charge in [-0.2, -0.15) is 16.7 Å². The number of rotatable bonds is 5. The van der Waals surface area contributed by atoms with Crippen molar-refractivity contribution in [2.24, 2.45) is 0 Å². The molecule has 7 heteroatoms. The van der Waals surface area contributed by atoms with Crippen LogP contribution in [0.4, 0.5) is 0 Å². The fraction of sp³-hybridized carbons (Fsp3) is 0.643. The summed E-state index contributed by atoms with van der Waals surface area (Å²) in [5.74, 6) is 1.71. The Morgan fingerprint density at radius 1 is 1.38 bits per heavy atom. The van der Waals surface area contributed by atoms with Gasteiger partial charge in [-0.15, -0.1) is 11.6 Å². The highest BCUT2D eigenvalue weighted by Gasteiger charge is 2.34.